The van der Waals surface area contributed by atoms with E-state index in [9.17, 15) is 13.6 Å². The Morgan fingerprint density at radius 2 is 2.06 bits per heavy atom. The van der Waals surface area contributed by atoms with Crippen molar-refractivity contribution in [2.24, 2.45) is 5.92 Å². The molecule has 0 aromatic heterocycles. The summed E-state index contributed by atoms with van der Waals surface area (Å²) in [4.78, 5) is 11.5. The average molecular weight is 240 g/mol. The molecular formula is C12H14F2N2O. The maximum absolute atomic E-state index is 12.9. The van der Waals surface area contributed by atoms with Crippen LogP contribution >= 0.6 is 0 Å². The monoisotopic (exact) mass is 240 g/mol. The van der Waals surface area contributed by atoms with Gasteiger partial charge in [-0.3, -0.25) is 0 Å². The fraction of sp³-hybridized carbons (Fsp3) is 0.417. The topological polar surface area (TPSA) is 41.1 Å². The molecule has 3 nitrogen and oxygen atoms in total. The molecule has 0 aliphatic heterocycles. The van der Waals surface area contributed by atoms with Crippen LogP contribution in [0.1, 0.15) is 19.8 Å². The Balaban J connectivity index is 1.90. The largest absolute Gasteiger partial charge is 0.335 e. The number of amides is 2. The predicted octanol–water partition coefficient (Wildman–Crippen LogP) is 2.88. The summed E-state index contributed by atoms with van der Waals surface area (Å²) in [6.07, 6.45) is 2.26. The van der Waals surface area contributed by atoms with E-state index in [0.717, 1.165) is 25.0 Å². The van der Waals surface area contributed by atoms with Gasteiger partial charge in [-0.05, 0) is 37.8 Å². The number of anilines is 1. The number of hydrogen-bond donors (Lipinski definition) is 2. The van der Waals surface area contributed by atoms with Crippen molar-refractivity contribution in [1.29, 1.82) is 0 Å². The molecule has 1 unspecified atom stereocenters. The van der Waals surface area contributed by atoms with Gasteiger partial charge in [0.05, 0.1) is 0 Å². The van der Waals surface area contributed by atoms with Crippen molar-refractivity contribution in [1.82, 2.24) is 5.32 Å². The number of carbonyl (C=O) groups excluding carboxylic acids is 1. The summed E-state index contributed by atoms with van der Waals surface area (Å²) in [7, 11) is 0. The van der Waals surface area contributed by atoms with Crippen LogP contribution in [0.2, 0.25) is 0 Å². The summed E-state index contributed by atoms with van der Waals surface area (Å²) in [5, 5.41) is 5.22. The van der Waals surface area contributed by atoms with E-state index in [4.69, 9.17) is 0 Å². The molecule has 92 valence electrons. The highest BCUT2D eigenvalue weighted by molar-refractivity contribution is 5.89. The van der Waals surface area contributed by atoms with Gasteiger partial charge in [-0.1, -0.05) is 0 Å². The van der Waals surface area contributed by atoms with E-state index in [0.29, 0.717) is 5.92 Å². The summed E-state index contributed by atoms with van der Waals surface area (Å²) >= 11 is 0. The van der Waals surface area contributed by atoms with Crippen LogP contribution in [-0.2, 0) is 0 Å². The van der Waals surface area contributed by atoms with E-state index < -0.39 is 17.7 Å². The van der Waals surface area contributed by atoms with Crippen LogP contribution in [0.3, 0.4) is 0 Å². The van der Waals surface area contributed by atoms with Gasteiger partial charge >= 0.3 is 6.03 Å². The number of halogens is 2. The first-order valence-electron chi connectivity index (χ1n) is 5.59. The Morgan fingerprint density at radius 3 is 2.65 bits per heavy atom. The van der Waals surface area contributed by atoms with E-state index in [1.165, 1.54) is 6.07 Å². The van der Waals surface area contributed by atoms with Gasteiger partial charge < -0.3 is 10.6 Å². The first-order chi connectivity index (χ1) is 8.06. The van der Waals surface area contributed by atoms with Gasteiger partial charge in [-0.25, -0.2) is 13.6 Å². The minimum atomic E-state index is -0.974. The zero-order chi connectivity index (χ0) is 12.4. The molecule has 1 aromatic rings. The summed E-state index contributed by atoms with van der Waals surface area (Å²) in [6.45, 7) is 1.93. The zero-order valence-corrected chi connectivity index (χ0v) is 9.47. The van der Waals surface area contributed by atoms with Crippen molar-refractivity contribution in [2.75, 3.05) is 5.32 Å². The lowest BCUT2D eigenvalue weighted by molar-refractivity contribution is 0.248. The van der Waals surface area contributed by atoms with Crippen LogP contribution in [0, 0.1) is 17.6 Å². The lowest BCUT2D eigenvalue weighted by atomic mass is 10.2. The molecule has 2 amide bonds. The quantitative estimate of drug-likeness (QED) is 0.838. The number of carbonyl (C=O) groups is 1. The highest BCUT2D eigenvalue weighted by Gasteiger charge is 2.28. The fourth-order valence-electron chi connectivity index (χ4n) is 1.66. The molecule has 1 atom stereocenters. The third-order valence-corrected chi connectivity index (χ3v) is 2.87. The van der Waals surface area contributed by atoms with Crippen molar-refractivity contribution in [3.05, 3.63) is 29.8 Å². The fourth-order valence-corrected chi connectivity index (χ4v) is 1.66. The van der Waals surface area contributed by atoms with Crippen molar-refractivity contribution < 1.29 is 13.6 Å². The Labute approximate surface area is 98.2 Å². The van der Waals surface area contributed by atoms with Crippen LogP contribution in [-0.4, -0.2) is 12.1 Å². The Morgan fingerprint density at radius 1 is 1.35 bits per heavy atom. The van der Waals surface area contributed by atoms with Crippen LogP contribution in [0.5, 0.6) is 0 Å². The van der Waals surface area contributed by atoms with Gasteiger partial charge in [0.1, 0.15) is 0 Å². The highest BCUT2D eigenvalue weighted by Crippen LogP contribution is 2.32. The Kier molecular flexibility index (Phi) is 3.26. The van der Waals surface area contributed by atoms with E-state index in [2.05, 4.69) is 10.6 Å². The molecule has 0 spiro atoms. The first-order valence-corrected chi connectivity index (χ1v) is 5.59. The maximum atomic E-state index is 12.9. The molecule has 1 aliphatic rings. The van der Waals surface area contributed by atoms with E-state index >= 15 is 0 Å². The highest BCUT2D eigenvalue weighted by atomic mass is 19.2. The molecular weight excluding hydrogens is 226 g/mol. The zero-order valence-electron chi connectivity index (χ0n) is 9.47. The minimum absolute atomic E-state index is 0.111. The standard InChI is InChI=1S/C12H14F2N2O/c1-7(8-2-3-8)15-12(17)16-9-4-5-10(13)11(14)6-9/h4-8H,2-3H2,1H3,(H2,15,16,17). The molecule has 1 fully saturated rings. The molecule has 1 aromatic carbocycles. The van der Waals surface area contributed by atoms with E-state index in [1.807, 2.05) is 6.92 Å². The first kappa shape index (κ1) is 11.8. The minimum Gasteiger partial charge on any atom is -0.335 e. The van der Waals surface area contributed by atoms with Crippen LogP contribution in [0.25, 0.3) is 0 Å². The Bertz CT molecular complexity index is 433. The van der Waals surface area contributed by atoms with Crippen LogP contribution in [0.15, 0.2) is 18.2 Å². The maximum Gasteiger partial charge on any atom is 0.319 e. The van der Waals surface area contributed by atoms with Crippen molar-refractivity contribution in [2.45, 2.75) is 25.8 Å². The number of benzene rings is 1. The molecule has 0 bridgehead atoms. The number of nitrogens with one attached hydrogen (secondary N) is 2. The second-order valence-electron chi connectivity index (χ2n) is 4.35. The predicted molar refractivity (Wildman–Crippen MR) is 60.7 cm³/mol. The normalized spacial score (nSPS) is 16.4. The van der Waals surface area contributed by atoms with E-state index in [-0.39, 0.29) is 11.7 Å². The SMILES string of the molecule is CC(NC(=O)Nc1ccc(F)c(F)c1)C1CC1. The van der Waals surface area contributed by atoms with Crippen LogP contribution < -0.4 is 10.6 Å². The second kappa shape index (κ2) is 4.69. The molecule has 17 heavy (non-hydrogen) atoms. The molecule has 1 saturated carbocycles. The molecule has 0 heterocycles. The molecule has 1 aliphatic carbocycles. The number of hydrogen-bond acceptors (Lipinski definition) is 1. The lowest BCUT2D eigenvalue weighted by Crippen LogP contribution is -2.37. The van der Waals surface area contributed by atoms with E-state index in [1.54, 1.807) is 0 Å². The average Bonchev–Trinajstić information content (AvgIpc) is 3.06. The second-order valence-corrected chi connectivity index (χ2v) is 4.35. The molecule has 2 rings (SSSR count). The summed E-state index contributed by atoms with van der Waals surface area (Å²) < 4.78 is 25.5. The number of urea groups is 1. The van der Waals surface area contributed by atoms with Gasteiger partial charge in [0.2, 0.25) is 0 Å². The molecule has 0 radical (unpaired) electrons. The molecule has 0 saturated heterocycles. The van der Waals surface area contributed by atoms with Gasteiger partial charge in [0.25, 0.3) is 0 Å². The van der Waals surface area contributed by atoms with Crippen molar-refractivity contribution >= 4 is 11.7 Å². The third kappa shape index (κ3) is 3.15. The molecule has 5 heteroatoms. The van der Waals surface area contributed by atoms with Crippen molar-refractivity contribution in [3.8, 4) is 0 Å². The lowest BCUT2D eigenvalue weighted by Gasteiger charge is -2.13. The Hall–Kier alpha value is -1.65. The third-order valence-electron chi connectivity index (χ3n) is 2.87. The number of rotatable bonds is 3. The van der Waals surface area contributed by atoms with Crippen LogP contribution in [0.4, 0.5) is 19.3 Å². The van der Waals surface area contributed by atoms with Gasteiger partial charge in [-0.15, -0.1) is 0 Å². The summed E-state index contributed by atoms with van der Waals surface area (Å²) in [5.41, 5.74) is 0.240. The van der Waals surface area contributed by atoms with Gasteiger partial charge in [0, 0.05) is 17.8 Å². The summed E-state index contributed by atoms with van der Waals surface area (Å²) in [6, 6.07) is 2.97. The van der Waals surface area contributed by atoms with Gasteiger partial charge in [0.15, 0.2) is 11.6 Å². The smallest absolute Gasteiger partial charge is 0.319 e. The molecule has 2 N–H and O–H groups in total. The van der Waals surface area contributed by atoms with Gasteiger partial charge in [-0.2, -0.15) is 0 Å². The summed E-state index contributed by atoms with van der Waals surface area (Å²) in [5.74, 6) is -1.36. The van der Waals surface area contributed by atoms with Crippen molar-refractivity contribution in [3.63, 3.8) is 0 Å².